The van der Waals surface area contributed by atoms with Gasteiger partial charge in [-0.15, -0.1) is 19.1 Å². The molecule has 1 atom stereocenters. The number of hydrogen-bond donors (Lipinski definition) is 3. The van der Waals surface area contributed by atoms with Crippen molar-refractivity contribution in [3.05, 3.63) is 36.0 Å². The van der Waals surface area contributed by atoms with Crippen LogP contribution in [0.2, 0.25) is 0 Å². The first-order valence-corrected chi connectivity index (χ1v) is 8.53. The van der Waals surface area contributed by atoms with Crippen LogP contribution in [-0.2, 0) is 4.79 Å². The van der Waals surface area contributed by atoms with Crippen LogP contribution in [0, 0.1) is 12.3 Å². The molecule has 0 spiro atoms. The predicted octanol–water partition coefficient (Wildman–Crippen LogP) is 2.27. The molecule has 2 aromatic rings. The molecule has 0 bridgehead atoms. The van der Waals surface area contributed by atoms with Gasteiger partial charge in [0.1, 0.15) is 5.75 Å². The van der Waals surface area contributed by atoms with Gasteiger partial charge < -0.3 is 15.2 Å². The summed E-state index contributed by atoms with van der Waals surface area (Å²) < 4.78 is 5.80. The monoisotopic (exact) mass is 356 g/mol. The van der Waals surface area contributed by atoms with Crippen LogP contribution < -0.4 is 10.1 Å². The van der Waals surface area contributed by atoms with E-state index in [1.807, 2.05) is 6.07 Å². The van der Waals surface area contributed by atoms with E-state index >= 15 is 0 Å². The van der Waals surface area contributed by atoms with E-state index in [9.17, 15) is 9.90 Å². The van der Waals surface area contributed by atoms with Gasteiger partial charge >= 0.3 is 0 Å². The van der Waals surface area contributed by atoms with Gasteiger partial charge in [0, 0.05) is 17.1 Å². The van der Waals surface area contributed by atoms with Gasteiger partial charge in [0.2, 0.25) is 4.93 Å². The summed E-state index contributed by atoms with van der Waals surface area (Å²) in [5, 5.41) is 13.2. The van der Waals surface area contributed by atoms with Gasteiger partial charge in [-0.25, -0.2) is 0 Å². The third-order valence-corrected chi connectivity index (χ3v) is 4.84. The van der Waals surface area contributed by atoms with Crippen molar-refractivity contribution in [2.24, 2.45) is 0 Å². The van der Waals surface area contributed by atoms with Crippen LogP contribution in [0.4, 0.5) is 0 Å². The van der Waals surface area contributed by atoms with Crippen molar-refractivity contribution in [3.8, 4) is 18.1 Å². The molecule has 1 heterocycles. The minimum Gasteiger partial charge on any atom is -0.468 e. The van der Waals surface area contributed by atoms with E-state index in [0.717, 1.165) is 30.2 Å². The number of fused-ring (bicyclic) bond motifs is 1. The molecule has 1 fully saturated rings. The molecule has 0 aliphatic heterocycles. The van der Waals surface area contributed by atoms with Crippen molar-refractivity contribution in [1.29, 1.82) is 0 Å². The number of carbonyl (C=O) groups excluding carboxylic acids is 1. The largest absolute Gasteiger partial charge is 0.468 e. The molecule has 0 saturated heterocycles. The zero-order valence-corrected chi connectivity index (χ0v) is 14.8. The number of nitrogens with zero attached hydrogens (tertiary/aromatic N) is 1. The maximum atomic E-state index is 12.5. The van der Waals surface area contributed by atoms with Crippen LogP contribution in [0.25, 0.3) is 10.9 Å². The summed E-state index contributed by atoms with van der Waals surface area (Å²) in [6, 6.07) is 7.14. The Bertz CT molecular complexity index is 848. The van der Waals surface area contributed by atoms with Gasteiger partial charge in [0.15, 0.2) is 0 Å². The number of amides is 1. The maximum Gasteiger partial charge on any atom is 0.274 e. The number of rotatable bonds is 5. The molecule has 1 aliphatic rings. The Kier molecular flexibility index (Phi) is 4.63. The Hall–Kier alpha value is -2.23. The Morgan fingerprint density at radius 1 is 1.52 bits per heavy atom. The number of pyridine rings is 1. The fourth-order valence-electron chi connectivity index (χ4n) is 2.81. The molecule has 0 radical (unpaired) electrons. The molecule has 1 aromatic heterocycles. The highest BCUT2D eigenvalue weighted by atomic mass is 32.1. The molecule has 130 valence electrons. The topological polar surface area (TPSA) is 71.5 Å². The number of nitrogens with one attached hydrogen (secondary N) is 1. The summed E-state index contributed by atoms with van der Waals surface area (Å²) in [5.41, 5.74) is 0.913. The van der Waals surface area contributed by atoms with E-state index in [0.29, 0.717) is 11.3 Å². The zero-order chi connectivity index (χ0) is 18.1. The van der Waals surface area contributed by atoms with E-state index in [4.69, 9.17) is 11.2 Å². The lowest BCUT2D eigenvalue weighted by Gasteiger charge is -2.42. The van der Waals surface area contributed by atoms with Gasteiger partial charge in [0.25, 0.3) is 5.91 Å². The molecule has 1 saturated carbocycles. The molecule has 5 nitrogen and oxygen atoms in total. The number of ether oxygens (including phenoxy) is 1. The summed E-state index contributed by atoms with van der Waals surface area (Å²) in [6.45, 7) is 1.49. The van der Waals surface area contributed by atoms with Crippen LogP contribution in [0.15, 0.2) is 30.5 Å². The second kappa shape index (κ2) is 6.58. The van der Waals surface area contributed by atoms with E-state index < -0.39 is 10.5 Å². The van der Waals surface area contributed by atoms with E-state index in [-0.39, 0.29) is 12.5 Å². The number of aliphatic hydroxyl groups is 1. The SMILES string of the molecule is C#Cc1cnc2ccc(OC(C)(S)C(=O)NC3(CO)CCC3)cc2c1. The normalized spacial score (nSPS) is 17.8. The highest BCUT2D eigenvalue weighted by Crippen LogP contribution is 2.33. The molecular formula is C19H20N2O3S. The summed E-state index contributed by atoms with van der Waals surface area (Å²) in [7, 11) is 0. The quantitative estimate of drug-likeness (QED) is 0.437. The fourth-order valence-corrected chi connectivity index (χ4v) is 2.97. The minimum atomic E-state index is -1.37. The molecule has 1 unspecified atom stereocenters. The predicted molar refractivity (Wildman–Crippen MR) is 99.5 cm³/mol. The van der Waals surface area contributed by atoms with Crippen LogP contribution >= 0.6 is 12.6 Å². The third-order valence-electron chi connectivity index (χ3n) is 4.55. The van der Waals surface area contributed by atoms with Crippen molar-refractivity contribution < 1.29 is 14.6 Å². The lowest BCUT2D eigenvalue weighted by atomic mass is 9.77. The number of benzene rings is 1. The van der Waals surface area contributed by atoms with Gasteiger partial charge in [-0.05, 0) is 50.5 Å². The van der Waals surface area contributed by atoms with Crippen molar-refractivity contribution in [2.45, 2.75) is 36.7 Å². The first-order valence-electron chi connectivity index (χ1n) is 8.09. The fraction of sp³-hybridized carbons (Fsp3) is 0.368. The summed E-state index contributed by atoms with van der Waals surface area (Å²) in [4.78, 5) is 15.4. The molecular weight excluding hydrogens is 336 g/mol. The van der Waals surface area contributed by atoms with E-state index in [2.05, 4.69) is 28.8 Å². The smallest absolute Gasteiger partial charge is 0.274 e. The highest BCUT2D eigenvalue weighted by Gasteiger charge is 2.42. The van der Waals surface area contributed by atoms with Crippen LogP contribution in [0.5, 0.6) is 5.75 Å². The van der Waals surface area contributed by atoms with Gasteiger partial charge in [-0.3, -0.25) is 9.78 Å². The number of hydrogen-bond acceptors (Lipinski definition) is 5. The number of carbonyl (C=O) groups is 1. The number of terminal acetylenes is 1. The standard InChI is InChI=1S/C19H20N2O3S/c1-3-13-9-14-10-15(5-6-16(14)20-11-13)24-18(2,25)17(23)21-19(12-22)7-4-8-19/h1,5-6,9-11,22,25H,4,7-8,12H2,2H3,(H,21,23). The van der Waals surface area contributed by atoms with E-state index in [1.165, 1.54) is 0 Å². The highest BCUT2D eigenvalue weighted by molar-refractivity contribution is 7.82. The number of aromatic nitrogens is 1. The summed E-state index contributed by atoms with van der Waals surface area (Å²) >= 11 is 4.38. The molecule has 2 N–H and O–H groups in total. The Morgan fingerprint density at radius 3 is 2.88 bits per heavy atom. The van der Waals surface area contributed by atoms with Gasteiger partial charge in [-0.1, -0.05) is 5.92 Å². The Morgan fingerprint density at radius 2 is 2.28 bits per heavy atom. The first kappa shape index (κ1) is 17.6. The second-order valence-electron chi connectivity index (χ2n) is 6.55. The van der Waals surface area contributed by atoms with E-state index in [1.54, 1.807) is 31.3 Å². The Balaban J connectivity index is 1.78. The molecule has 1 amide bonds. The zero-order valence-electron chi connectivity index (χ0n) is 14.0. The first-order chi connectivity index (χ1) is 11.9. The molecule has 1 aromatic carbocycles. The lowest BCUT2D eigenvalue weighted by Crippen LogP contribution is -2.60. The minimum absolute atomic E-state index is 0.0842. The van der Waals surface area contributed by atoms with Crippen LogP contribution in [-0.4, -0.2) is 33.1 Å². The van der Waals surface area contributed by atoms with Crippen LogP contribution in [0.1, 0.15) is 31.7 Å². The number of thiol groups is 1. The maximum absolute atomic E-state index is 12.5. The van der Waals surface area contributed by atoms with Gasteiger partial charge in [0.05, 0.1) is 17.7 Å². The number of aliphatic hydroxyl groups excluding tert-OH is 1. The second-order valence-corrected chi connectivity index (χ2v) is 7.41. The molecule has 6 heteroatoms. The van der Waals surface area contributed by atoms with Crippen molar-refractivity contribution in [2.75, 3.05) is 6.61 Å². The molecule has 1 aliphatic carbocycles. The Labute approximate surface area is 152 Å². The summed E-state index contributed by atoms with van der Waals surface area (Å²) in [6.07, 6.45) is 9.54. The van der Waals surface area contributed by atoms with Crippen LogP contribution in [0.3, 0.4) is 0 Å². The summed E-state index contributed by atoms with van der Waals surface area (Å²) in [5.74, 6) is 2.66. The lowest BCUT2D eigenvalue weighted by molar-refractivity contribution is -0.133. The average molecular weight is 356 g/mol. The molecule has 3 rings (SSSR count). The molecule has 25 heavy (non-hydrogen) atoms. The van der Waals surface area contributed by atoms with Crippen molar-refractivity contribution >= 4 is 29.4 Å². The van der Waals surface area contributed by atoms with Crippen molar-refractivity contribution in [3.63, 3.8) is 0 Å². The third kappa shape index (κ3) is 3.58. The van der Waals surface area contributed by atoms with Gasteiger partial charge in [-0.2, -0.15) is 0 Å². The van der Waals surface area contributed by atoms with Crippen molar-refractivity contribution in [1.82, 2.24) is 10.3 Å². The average Bonchev–Trinajstić information content (AvgIpc) is 2.56.